The van der Waals surface area contributed by atoms with E-state index in [0.717, 1.165) is 0 Å². The van der Waals surface area contributed by atoms with Gasteiger partial charge < -0.3 is 10.0 Å². The first-order valence-corrected chi connectivity index (χ1v) is 7.23. The smallest absolute Gasteiger partial charge is 0.305 e. The van der Waals surface area contributed by atoms with E-state index < -0.39 is 10.9 Å². The van der Waals surface area contributed by atoms with E-state index in [-0.39, 0.29) is 24.6 Å². The molecule has 0 spiro atoms. The highest BCUT2D eigenvalue weighted by Gasteiger charge is 2.17. The summed E-state index contributed by atoms with van der Waals surface area (Å²) in [7, 11) is 0. The maximum absolute atomic E-state index is 12.4. The molecule has 0 bridgehead atoms. The van der Waals surface area contributed by atoms with Crippen LogP contribution in [0.15, 0.2) is 36.7 Å². The van der Waals surface area contributed by atoms with E-state index in [9.17, 15) is 19.7 Å². The van der Waals surface area contributed by atoms with Gasteiger partial charge >= 0.3 is 5.97 Å². The van der Waals surface area contributed by atoms with Crippen LogP contribution in [0.2, 0.25) is 0 Å². The molecule has 0 unspecified atom stereocenters. The number of nitrogens with zero attached hydrogens (tertiary/aromatic N) is 4. The quantitative estimate of drug-likeness (QED) is 0.609. The summed E-state index contributed by atoms with van der Waals surface area (Å²) in [6.07, 6.45) is 2.76. The Hall–Kier alpha value is -3.23. The molecule has 2 rings (SSSR count). The second kappa shape index (κ2) is 7.36. The van der Waals surface area contributed by atoms with Crippen LogP contribution in [0.3, 0.4) is 0 Å². The minimum atomic E-state index is -0.970. The van der Waals surface area contributed by atoms with Gasteiger partial charge in [-0.2, -0.15) is 5.10 Å². The maximum Gasteiger partial charge on any atom is 0.305 e. The molecule has 0 fully saturated rings. The molecule has 0 aliphatic rings. The van der Waals surface area contributed by atoms with Crippen LogP contribution in [0.25, 0.3) is 5.69 Å². The third-order valence-electron chi connectivity index (χ3n) is 3.42. The van der Waals surface area contributed by atoms with Gasteiger partial charge in [0.25, 0.3) is 11.6 Å². The summed E-state index contributed by atoms with van der Waals surface area (Å²) in [6.45, 7) is 2.27. The summed E-state index contributed by atoms with van der Waals surface area (Å²) in [4.78, 5) is 34.6. The van der Waals surface area contributed by atoms with Crippen molar-refractivity contribution in [3.63, 3.8) is 0 Å². The Bertz CT molecular complexity index is 753. The fraction of sp³-hybridized carbons (Fsp3) is 0.267. The molecule has 9 nitrogen and oxygen atoms in total. The van der Waals surface area contributed by atoms with Gasteiger partial charge in [0.1, 0.15) is 0 Å². The molecule has 1 aromatic carbocycles. The van der Waals surface area contributed by atoms with Gasteiger partial charge in [0.05, 0.1) is 28.8 Å². The largest absolute Gasteiger partial charge is 0.481 e. The number of carbonyl (C=O) groups excluding carboxylic acids is 1. The normalized spacial score (nSPS) is 10.4. The summed E-state index contributed by atoms with van der Waals surface area (Å²) < 4.78 is 1.43. The molecule has 0 radical (unpaired) electrons. The van der Waals surface area contributed by atoms with Crippen molar-refractivity contribution >= 4 is 17.6 Å². The van der Waals surface area contributed by atoms with Crippen LogP contribution in [0, 0.1) is 10.1 Å². The van der Waals surface area contributed by atoms with Gasteiger partial charge in [0, 0.05) is 31.4 Å². The van der Waals surface area contributed by atoms with E-state index in [2.05, 4.69) is 5.10 Å². The molecule has 1 heterocycles. The lowest BCUT2D eigenvalue weighted by Gasteiger charge is -2.18. The number of non-ortho nitro benzene ring substituents is 1. The van der Waals surface area contributed by atoms with Crippen molar-refractivity contribution in [1.82, 2.24) is 14.7 Å². The minimum Gasteiger partial charge on any atom is -0.481 e. The van der Waals surface area contributed by atoms with Crippen molar-refractivity contribution in [2.45, 2.75) is 13.3 Å². The predicted octanol–water partition coefficient (Wildman–Crippen LogP) is 1.72. The number of carboxylic acids is 1. The van der Waals surface area contributed by atoms with Gasteiger partial charge in [-0.15, -0.1) is 0 Å². The van der Waals surface area contributed by atoms with Crippen LogP contribution in [0.5, 0.6) is 0 Å². The first-order chi connectivity index (χ1) is 11.4. The Labute approximate surface area is 137 Å². The van der Waals surface area contributed by atoms with Gasteiger partial charge in [0.2, 0.25) is 0 Å². The first-order valence-electron chi connectivity index (χ1n) is 7.23. The van der Waals surface area contributed by atoms with Gasteiger partial charge in [0.15, 0.2) is 0 Å². The molecule has 126 valence electrons. The lowest BCUT2D eigenvalue weighted by atomic mass is 10.2. The fourth-order valence-electron chi connectivity index (χ4n) is 2.12. The summed E-state index contributed by atoms with van der Waals surface area (Å²) in [6, 6.07) is 5.76. The third kappa shape index (κ3) is 3.94. The Morgan fingerprint density at radius 1 is 1.33 bits per heavy atom. The second-order valence-corrected chi connectivity index (χ2v) is 4.98. The molecule has 0 aliphatic carbocycles. The van der Waals surface area contributed by atoms with E-state index in [1.54, 1.807) is 6.92 Å². The van der Waals surface area contributed by atoms with Crippen molar-refractivity contribution in [3.05, 3.63) is 52.3 Å². The SMILES string of the molecule is CCN(CCC(=O)O)C(=O)c1cnn(-c2ccc([N+](=O)[O-])cc2)c1. The first kappa shape index (κ1) is 17.1. The van der Waals surface area contributed by atoms with Crippen LogP contribution < -0.4 is 0 Å². The number of carbonyl (C=O) groups is 2. The number of amides is 1. The predicted molar refractivity (Wildman–Crippen MR) is 84.0 cm³/mol. The molecule has 9 heteroatoms. The zero-order chi connectivity index (χ0) is 17.7. The van der Waals surface area contributed by atoms with E-state index in [1.165, 1.54) is 46.2 Å². The monoisotopic (exact) mass is 332 g/mol. The standard InChI is InChI=1S/C15H16N4O5/c1-2-17(8-7-14(20)21)15(22)11-9-16-18(10-11)12-3-5-13(6-4-12)19(23)24/h3-6,9-10H,2,7-8H2,1H3,(H,20,21). The highest BCUT2D eigenvalue weighted by atomic mass is 16.6. The Morgan fingerprint density at radius 2 is 2.00 bits per heavy atom. The Balaban J connectivity index is 2.15. The highest BCUT2D eigenvalue weighted by Crippen LogP contribution is 2.15. The Morgan fingerprint density at radius 3 is 2.54 bits per heavy atom. The molecular formula is C15H16N4O5. The van der Waals surface area contributed by atoms with Gasteiger partial charge in [-0.1, -0.05) is 0 Å². The number of hydrogen-bond acceptors (Lipinski definition) is 5. The van der Waals surface area contributed by atoms with Gasteiger partial charge in [-0.05, 0) is 19.1 Å². The molecule has 0 atom stereocenters. The van der Waals surface area contributed by atoms with Crippen molar-refractivity contribution in [2.24, 2.45) is 0 Å². The van der Waals surface area contributed by atoms with Crippen molar-refractivity contribution in [2.75, 3.05) is 13.1 Å². The highest BCUT2D eigenvalue weighted by molar-refractivity contribution is 5.94. The molecular weight excluding hydrogens is 316 g/mol. The molecule has 0 saturated heterocycles. The fourth-order valence-corrected chi connectivity index (χ4v) is 2.12. The summed E-state index contributed by atoms with van der Waals surface area (Å²) in [5.74, 6) is -1.28. The van der Waals surface area contributed by atoms with Crippen LogP contribution >= 0.6 is 0 Å². The number of aromatic nitrogens is 2. The number of hydrogen-bond donors (Lipinski definition) is 1. The number of aliphatic carboxylic acids is 1. The number of carboxylic acid groups (broad SMARTS) is 1. The summed E-state index contributed by atoms with van der Waals surface area (Å²) >= 11 is 0. The van der Waals surface area contributed by atoms with E-state index in [4.69, 9.17) is 5.11 Å². The van der Waals surface area contributed by atoms with E-state index >= 15 is 0 Å². The maximum atomic E-state index is 12.4. The van der Waals surface area contributed by atoms with E-state index in [0.29, 0.717) is 17.8 Å². The number of benzene rings is 1. The zero-order valence-electron chi connectivity index (χ0n) is 13.0. The van der Waals surface area contributed by atoms with Crippen molar-refractivity contribution in [3.8, 4) is 5.69 Å². The topological polar surface area (TPSA) is 119 Å². The van der Waals surface area contributed by atoms with Crippen LogP contribution in [-0.2, 0) is 4.79 Å². The molecule has 1 amide bonds. The molecule has 1 aromatic heterocycles. The van der Waals surface area contributed by atoms with Crippen molar-refractivity contribution < 1.29 is 19.6 Å². The van der Waals surface area contributed by atoms with Gasteiger partial charge in [-0.3, -0.25) is 19.7 Å². The Kier molecular flexibility index (Phi) is 5.25. The molecule has 0 aliphatic heterocycles. The lowest BCUT2D eigenvalue weighted by Crippen LogP contribution is -2.32. The minimum absolute atomic E-state index is 0.0342. The third-order valence-corrected chi connectivity index (χ3v) is 3.42. The average Bonchev–Trinajstić information content (AvgIpc) is 3.05. The van der Waals surface area contributed by atoms with Crippen LogP contribution in [0.1, 0.15) is 23.7 Å². The van der Waals surface area contributed by atoms with Crippen molar-refractivity contribution in [1.29, 1.82) is 0 Å². The molecule has 2 aromatic rings. The van der Waals surface area contributed by atoms with Crippen LogP contribution in [-0.4, -0.2) is 49.7 Å². The average molecular weight is 332 g/mol. The molecule has 0 saturated carbocycles. The number of nitro benzene ring substituents is 1. The van der Waals surface area contributed by atoms with E-state index in [1.807, 2.05) is 0 Å². The number of nitro groups is 1. The molecule has 24 heavy (non-hydrogen) atoms. The molecule has 1 N–H and O–H groups in total. The summed E-state index contributed by atoms with van der Waals surface area (Å²) in [5, 5.41) is 23.4. The van der Waals surface area contributed by atoms with Gasteiger partial charge in [-0.25, -0.2) is 4.68 Å². The lowest BCUT2D eigenvalue weighted by molar-refractivity contribution is -0.384. The number of rotatable bonds is 7. The second-order valence-electron chi connectivity index (χ2n) is 4.98. The zero-order valence-corrected chi connectivity index (χ0v) is 13.0. The summed E-state index contributed by atoms with van der Waals surface area (Å²) in [5.41, 5.74) is 0.863. The van der Waals surface area contributed by atoms with Crippen LogP contribution in [0.4, 0.5) is 5.69 Å².